The monoisotopic (exact) mass is 271 g/mol. The smallest absolute Gasteiger partial charge is 0.0665 e. The summed E-state index contributed by atoms with van der Waals surface area (Å²) in [5.41, 5.74) is 4.97. The number of hydrogen-bond donors (Lipinski definition) is 0. The highest BCUT2D eigenvalue weighted by atomic mass is 14.8. The molecular weight excluding hydrogens is 254 g/mol. The molecule has 0 bridgehead atoms. The quantitative estimate of drug-likeness (QED) is 0.569. The predicted molar refractivity (Wildman–Crippen MR) is 89.5 cm³/mol. The summed E-state index contributed by atoms with van der Waals surface area (Å²) in [5.74, 6) is 0. The first-order valence-corrected chi connectivity index (χ1v) is 7.55. The van der Waals surface area contributed by atoms with Gasteiger partial charge in [0, 0.05) is 5.71 Å². The molecule has 0 amide bonds. The fourth-order valence-corrected chi connectivity index (χ4v) is 3.06. The van der Waals surface area contributed by atoms with E-state index in [9.17, 15) is 0 Å². The van der Waals surface area contributed by atoms with E-state index in [1.165, 1.54) is 34.0 Å². The zero-order chi connectivity index (χ0) is 14.1. The zero-order valence-corrected chi connectivity index (χ0v) is 11.9. The van der Waals surface area contributed by atoms with Gasteiger partial charge in [-0.1, -0.05) is 54.6 Å². The molecule has 1 heterocycles. The van der Waals surface area contributed by atoms with Crippen molar-refractivity contribution in [3.05, 3.63) is 77.9 Å². The van der Waals surface area contributed by atoms with Crippen LogP contribution >= 0.6 is 0 Å². The lowest BCUT2D eigenvalue weighted by molar-refractivity contribution is 0.878. The van der Waals surface area contributed by atoms with Crippen molar-refractivity contribution >= 4 is 22.2 Å². The van der Waals surface area contributed by atoms with Crippen LogP contribution in [0.15, 0.2) is 71.7 Å². The molecule has 0 saturated heterocycles. The first-order chi connectivity index (χ1) is 10.4. The molecule has 1 heteroatoms. The normalized spacial score (nSPS) is 14.4. The highest BCUT2D eigenvalue weighted by Gasteiger charge is 2.11. The summed E-state index contributed by atoms with van der Waals surface area (Å²) < 4.78 is 0. The van der Waals surface area contributed by atoms with Crippen LogP contribution in [0.1, 0.15) is 24.0 Å². The maximum Gasteiger partial charge on any atom is 0.0665 e. The molecule has 0 atom stereocenters. The average Bonchev–Trinajstić information content (AvgIpc) is 2.76. The Balaban J connectivity index is 1.82. The van der Waals surface area contributed by atoms with Gasteiger partial charge in [-0.05, 0) is 53.3 Å². The van der Waals surface area contributed by atoms with Crippen LogP contribution in [0.3, 0.4) is 0 Å². The van der Waals surface area contributed by atoms with Gasteiger partial charge in [0.2, 0.25) is 0 Å². The zero-order valence-electron chi connectivity index (χ0n) is 11.9. The van der Waals surface area contributed by atoms with Crippen LogP contribution in [0.2, 0.25) is 0 Å². The lowest BCUT2D eigenvalue weighted by Crippen LogP contribution is -1.99. The van der Waals surface area contributed by atoms with E-state index < -0.39 is 0 Å². The predicted octanol–water partition coefficient (Wildman–Crippen LogP) is 5.30. The Morgan fingerprint density at radius 2 is 1.52 bits per heavy atom. The Bertz CT molecular complexity index is 830. The van der Waals surface area contributed by atoms with E-state index in [1.54, 1.807) is 0 Å². The van der Waals surface area contributed by atoms with Crippen molar-refractivity contribution in [1.29, 1.82) is 0 Å². The Morgan fingerprint density at radius 1 is 0.714 bits per heavy atom. The average molecular weight is 271 g/mol. The number of aryl methyl sites for hydroxylation is 1. The standard InChI is InChI=1S/C20H17N/c1-2-8-17-14-18(13-12-15(17)6-1)20-11-5-9-16-7-3-4-10-19(16)21-20/h1-4,6-8,10,12-14H,5,9,11H2. The van der Waals surface area contributed by atoms with Crippen LogP contribution in [0.25, 0.3) is 10.8 Å². The maximum atomic E-state index is 4.93. The van der Waals surface area contributed by atoms with Crippen molar-refractivity contribution in [3.63, 3.8) is 0 Å². The second-order valence-electron chi connectivity index (χ2n) is 5.60. The molecule has 21 heavy (non-hydrogen) atoms. The van der Waals surface area contributed by atoms with Gasteiger partial charge in [0.15, 0.2) is 0 Å². The summed E-state index contributed by atoms with van der Waals surface area (Å²) in [5, 5.41) is 2.58. The van der Waals surface area contributed by atoms with Crippen molar-refractivity contribution < 1.29 is 0 Å². The largest absolute Gasteiger partial charge is 0.253 e. The first-order valence-electron chi connectivity index (χ1n) is 7.55. The van der Waals surface area contributed by atoms with Crippen LogP contribution in [0.4, 0.5) is 5.69 Å². The number of aliphatic imine (C=N–C) groups is 1. The van der Waals surface area contributed by atoms with Gasteiger partial charge in [-0.15, -0.1) is 0 Å². The van der Waals surface area contributed by atoms with E-state index in [-0.39, 0.29) is 0 Å². The van der Waals surface area contributed by atoms with Crippen molar-refractivity contribution in [3.8, 4) is 0 Å². The summed E-state index contributed by atoms with van der Waals surface area (Å²) >= 11 is 0. The van der Waals surface area contributed by atoms with Crippen LogP contribution in [-0.2, 0) is 6.42 Å². The second kappa shape index (κ2) is 5.17. The van der Waals surface area contributed by atoms with Gasteiger partial charge >= 0.3 is 0 Å². The van der Waals surface area contributed by atoms with Crippen molar-refractivity contribution in [1.82, 2.24) is 0 Å². The second-order valence-corrected chi connectivity index (χ2v) is 5.60. The number of para-hydroxylation sites is 1. The molecule has 4 rings (SSSR count). The molecule has 0 radical (unpaired) electrons. The Kier molecular flexibility index (Phi) is 3.04. The van der Waals surface area contributed by atoms with Crippen molar-refractivity contribution in [2.45, 2.75) is 19.3 Å². The summed E-state index contributed by atoms with van der Waals surface area (Å²) in [7, 11) is 0. The molecule has 1 aliphatic heterocycles. The molecule has 0 spiro atoms. The minimum absolute atomic E-state index is 1.05. The molecule has 0 aromatic heterocycles. The van der Waals surface area contributed by atoms with Gasteiger partial charge in [-0.3, -0.25) is 4.99 Å². The number of nitrogens with zero attached hydrogens (tertiary/aromatic N) is 1. The first kappa shape index (κ1) is 12.3. The van der Waals surface area contributed by atoms with Gasteiger partial charge < -0.3 is 0 Å². The molecule has 102 valence electrons. The SMILES string of the molecule is c1ccc2c(c1)CCCC(c1ccc3ccccc3c1)=N2. The fourth-order valence-electron chi connectivity index (χ4n) is 3.06. The molecule has 0 fully saturated rings. The van der Waals surface area contributed by atoms with E-state index in [0.29, 0.717) is 0 Å². The lowest BCUT2D eigenvalue weighted by atomic mass is 10.0. The molecule has 0 unspecified atom stereocenters. The van der Waals surface area contributed by atoms with E-state index in [4.69, 9.17) is 4.99 Å². The molecule has 1 nitrogen and oxygen atoms in total. The Hall–Kier alpha value is -2.41. The summed E-state index contributed by atoms with van der Waals surface area (Å²) in [6, 6.07) is 23.7. The third-order valence-corrected chi connectivity index (χ3v) is 4.19. The molecule has 3 aromatic rings. The Morgan fingerprint density at radius 3 is 2.48 bits per heavy atom. The maximum absolute atomic E-state index is 4.93. The van der Waals surface area contributed by atoms with E-state index in [1.807, 2.05) is 0 Å². The molecule has 0 aliphatic carbocycles. The number of hydrogen-bond acceptors (Lipinski definition) is 1. The van der Waals surface area contributed by atoms with E-state index >= 15 is 0 Å². The highest BCUT2D eigenvalue weighted by Crippen LogP contribution is 2.27. The molecular formula is C20H17N. The van der Waals surface area contributed by atoms with Crippen LogP contribution in [0.5, 0.6) is 0 Å². The van der Waals surface area contributed by atoms with Gasteiger partial charge in [0.1, 0.15) is 0 Å². The number of rotatable bonds is 1. The van der Waals surface area contributed by atoms with Crippen molar-refractivity contribution in [2.24, 2.45) is 4.99 Å². The highest BCUT2D eigenvalue weighted by molar-refractivity contribution is 6.05. The number of benzene rings is 3. The molecule has 3 aromatic carbocycles. The van der Waals surface area contributed by atoms with Gasteiger partial charge in [0.05, 0.1) is 5.69 Å². The fraction of sp³-hybridized carbons (Fsp3) is 0.150. The molecule has 1 aliphatic rings. The van der Waals surface area contributed by atoms with E-state index in [0.717, 1.165) is 18.5 Å². The van der Waals surface area contributed by atoms with Gasteiger partial charge in [0.25, 0.3) is 0 Å². The van der Waals surface area contributed by atoms with Gasteiger partial charge in [-0.25, -0.2) is 0 Å². The topological polar surface area (TPSA) is 12.4 Å². The minimum atomic E-state index is 1.05. The van der Waals surface area contributed by atoms with Crippen LogP contribution in [0, 0.1) is 0 Å². The van der Waals surface area contributed by atoms with E-state index in [2.05, 4.69) is 66.7 Å². The minimum Gasteiger partial charge on any atom is -0.253 e. The van der Waals surface area contributed by atoms with Gasteiger partial charge in [-0.2, -0.15) is 0 Å². The van der Waals surface area contributed by atoms with Crippen molar-refractivity contribution in [2.75, 3.05) is 0 Å². The lowest BCUT2D eigenvalue weighted by Gasteiger charge is -2.06. The molecule has 0 saturated carbocycles. The number of fused-ring (bicyclic) bond motifs is 2. The molecule has 0 N–H and O–H groups in total. The summed E-state index contributed by atoms with van der Waals surface area (Å²) in [4.78, 5) is 4.93. The summed E-state index contributed by atoms with van der Waals surface area (Å²) in [6.07, 6.45) is 3.34. The summed E-state index contributed by atoms with van der Waals surface area (Å²) in [6.45, 7) is 0. The third kappa shape index (κ3) is 2.36. The Labute approximate surface area is 125 Å². The van der Waals surface area contributed by atoms with Crippen LogP contribution in [-0.4, -0.2) is 5.71 Å². The third-order valence-electron chi connectivity index (χ3n) is 4.19. The van der Waals surface area contributed by atoms with Crippen LogP contribution < -0.4 is 0 Å².